The van der Waals surface area contributed by atoms with E-state index in [1.807, 2.05) is 0 Å². The van der Waals surface area contributed by atoms with Gasteiger partial charge in [-0.25, -0.2) is 0 Å². The van der Waals surface area contributed by atoms with Crippen LogP contribution in [0, 0.1) is 0 Å². The maximum Gasteiger partial charge on any atom is 0.0551 e. The van der Waals surface area contributed by atoms with Crippen LogP contribution in [-0.4, -0.2) is 11.7 Å². The monoisotopic (exact) mass is 112 g/mol. The molecule has 0 amide bonds. The molecule has 2 aliphatic rings. The molecule has 1 aliphatic carbocycles. The van der Waals surface area contributed by atoms with Crippen molar-refractivity contribution in [1.29, 1.82) is 0 Å². The van der Waals surface area contributed by atoms with E-state index in [4.69, 9.17) is 5.73 Å². The molecule has 1 saturated heterocycles. The maximum atomic E-state index is 5.64. The summed E-state index contributed by atoms with van der Waals surface area (Å²) in [6.45, 7) is 0. The SMILES string of the molecule is NC1CCC2(CC2)N1. The molecular formula is C6H12N2. The van der Waals surface area contributed by atoms with Crippen molar-refractivity contribution in [3.05, 3.63) is 0 Å². The Morgan fingerprint density at radius 2 is 2.12 bits per heavy atom. The average molecular weight is 112 g/mol. The molecule has 46 valence electrons. The molecule has 0 aromatic carbocycles. The van der Waals surface area contributed by atoms with Crippen LogP contribution in [0.3, 0.4) is 0 Å². The molecule has 0 aromatic rings. The third kappa shape index (κ3) is 0.565. The first-order valence-electron chi connectivity index (χ1n) is 3.34. The van der Waals surface area contributed by atoms with E-state index in [0.717, 1.165) is 0 Å². The molecule has 0 radical (unpaired) electrons. The summed E-state index contributed by atoms with van der Waals surface area (Å²) in [5.74, 6) is 0. The van der Waals surface area contributed by atoms with E-state index < -0.39 is 0 Å². The van der Waals surface area contributed by atoms with Crippen molar-refractivity contribution in [3.63, 3.8) is 0 Å². The van der Waals surface area contributed by atoms with E-state index in [1.54, 1.807) is 0 Å². The molecule has 0 aromatic heterocycles. The van der Waals surface area contributed by atoms with Crippen molar-refractivity contribution in [2.45, 2.75) is 37.4 Å². The molecular weight excluding hydrogens is 100 g/mol. The quantitative estimate of drug-likeness (QED) is 0.469. The van der Waals surface area contributed by atoms with Gasteiger partial charge in [-0.05, 0) is 25.7 Å². The molecule has 3 N–H and O–H groups in total. The van der Waals surface area contributed by atoms with Crippen LogP contribution >= 0.6 is 0 Å². The average Bonchev–Trinajstić information content (AvgIpc) is 2.34. The van der Waals surface area contributed by atoms with Crippen molar-refractivity contribution in [1.82, 2.24) is 5.32 Å². The van der Waals surface area contributed by atoms with Crippen LogP contribution in [0.1, 0.15) is 25.7 Å². The molecule has 2 nitrogen and oxygen atoms in total. The number of rotatable bonds is 0. The van der Waals surface area contributed by atoms with Crippen LogP contribution < -0.4 is 11.1 Å². The number of nitrogens with one attached hydrogen (secondary N) is 1. The Labute approximate surface area is 49.4 Å². The zero-order chi connectivity index (χ0) is 5.61. The summed E-state index contributed by atoms with van der Waals surface area (Å²) in [7, 11) is 0. The van der Waals surface area contributed by atoms with Crippen LogP contribution in [0.2, 0.25) is 0 Å². The van der Waals surface area contributed by atoms with Gasteiger partial charge in [-0.2, -0.15) is 0 Å². The summed E-state index contributed by atoms with van der Waals surface area (Å²) in [6, 6.07) is 0. The van der Waals surface area contributed by atoms with Crippen molar-refractivity contribution < 1.29 is 0 Å². The third-order valence-electron chi connectivity index (χ3n) is 2.28. The smallest absolute Gasteiger partial charge is 0.0551 e. The molecule has 1 unspecified atom stereocenters. The highest BCUT2D eigenvalue weighted by Crippen LogP contribution is 2.43. The van der Waals surface area contributed by atoms with E-state index in [0.29, 0.717) is 11.7 Å². The summed E-state index contributed by atoms with van der Waals surface area (Å²) in [5.41, 5.74) is 6.18. The summed E-state index contributed by atoms with van der Waals surface area (Å²) in [4.78, 5) is 0. The van der Waals surface area contributed by atoms with Crippen LogP contribution in [0.25, 0.3) is 0 Å². The first kappa shape index (κ1) is 4.77. The lowest BCUT2D eigenvalue weighted by Crippen LogP contribution is -2.36. The Hall–Kier alpha value is -0.0800. The van der Waals surface area contributed by atoms with Gasteiger partial charge in [0.1, 0.15) is 0 Å². The minimum absolute atomic E-state index is 0.303. The zero-order valence-electron chi connectivity index (χ0n) is 4.98. The minimum atomic E-state index is 0.303. The van der Waals surface area contributed by atoms with Crippen LogP contribution in [0.4, 0.5) is 0 Å². The van der Waals surface area contributed by atoms with Gasteiger partial charge in [-0.3, -0.25) is 5.32 Å². The summed E-state index contributed by atoms with van der Waals surface area (Å²) < 4.78 is 0. The fourth-order valence-corrected chi connectivity index (χ4v) is 1.51. The Bertz CT molecular complexity index is 107. The normalized spacial score (nSPS) is 40.9. The van der Waals surface area contributed by atoms with E-state index >= 15 is 0 Å². The van der Waals surface area contributed by atoms with Gasteiger partial charge in [0.05, 0.1) is 6.17 Å². The van der Waals surface area contributed by atoms with Crippen molar-refractivity contribution in [2.24, 2.45) is 5.73 Å². The highest BCUT2D eigenvalue weighted by atomic mass is 15.1. The highest BCUT2D eigenvalue weighted by Gasteiger charge is 2.46. The fraction of sp³-hybridized carbons (Fsp3) is 1.00. The second kappa shape index (κ2) is 1.25. The second-order valence-electron chi connectivity index (χ2n) is 3.07. The molecule has 1 heterocycles. The van der Waals surface area contributed by atoms with Crippen LogP contribution in [0.5, 0.6) is 0 Å². The topological polar surface area (TPSA) is 38.0 Å². The van der Waals surface area contributed by atoms with Crippen molar-refractivity contribution in [3.8, 4) is 0 Å². The zero-order valence-corrected chi connectivity index (χ0v) is 4.98. The van der Waals surface area contributed by atoms with Gasteiger partial charge in [-0.15, -0.1) is 0 Å². The minimum Gasteiger partial charge on any atom is -0.316 e. The van der Waals surface area contributed by atoms with Gasteiger partial charge in [0.25, 0.3) is 0 Å². The second-order valence-corrected chi connectivity index (χ2v) is 3.07. The Kier molecular flexibility index (Phi) is 0.746. The molecule has 1 aliphatic heterocycles. The van der Waals surface area contributed by atoms with Gasteiger partial charge >= 0.3 is 0 Å². The highest BCUT2D eigenvalue weighted by molar-refractivity contribution is 5.06. The molecule has 2 heteroatoms. The molecule has 2 rings (SSSR count). The number of hydrogen-bond donors (Lipinski definition) is 2. The first-order valence-corrected chi connectivity index (χ1v) is 3.34. The largest absolute Gasteiger partial charge is 0.316 e. The van der Waals surface area contributed by atoms with Gasteiger partial charge in [0.2, 0.25) is 0 Å². The predicted octanol–water partition coefficient (Wildman–Crippen LogP) is 0.187. The van der Waals surface area contributed by atoms with E-state index in [1.165, 1.54) is 25.7 Å². The number of hydrogen-bond acceptors (Lipinski definition) is 2. The molecule has 1 spiro atoms. The lowest BCUT2D eigenvalue weighted by molar-refractivity contribution is 0.540. The molecule has 1 atom stereocenters. The Morgan fingerprint density at radius 3 is 2.38 bits per heavy atom. The summed E-state index contributed by atoms with van der Waals surface area (Å²) in [5, 5.41) is 3.38. The lowest BCUT2D eigenvalue weighted by atomic mass is 10.2. The number of nitrogens with two attached hydrogens (primary N) is 1. The fourth-order valence-electron chi connectivity index (χ4n) is 1.51. The maximum absolute atomic E-state index is 5.64. The molecule has 2 fully saturated rings. The van der Waals surface area contributed by atoms with E-state index in [9.17, 15) is 0 Å². The Morgan fingerprint density at radius 1 is 1.38 bits per heavy atom. The van der Waals surface area contributed by atoms with Gasteiger partial charge in [0.15, 0.2) is 0 Å². The van der Waals surface area contributed by atoms with Gasteiger partial charge in [-0.1, -0.05) is 0 Å². The standard InChI is InChI=1S/C6H12N2/c7-5-1-2-6(8-5)3-4-6/h5,8H,1-4,7H2. The lowest BCUT2D eigenvalue weighted by Gasteiger charge is -2.05. The summed E-state index contributed by atoms with van der Waals surface area (Å²) >= 11 is 0. The Balaban J connectivity index is 2.03. The van der Waals surface area contributed by atoms with Gasteiger partial charge < -0.3 is 5.73 Å². The first-order chi connectivity index (χ1) is 3.81. The van der Waals surface area contributed by atoms with Crippen LogP contribution in [0.15, 0.2) is 0 Å². The van der Waals surface area contributed by atoms with Crippen molar-refractivity contribution >= 4 is 0 Å². The van der Waals surface area contributed by atoms with Crippen molar-refractivity contribution in [2.75, 3.05) is 0 Å². The molecule has 1 saturated carbocycles. The van der Waals surface area contributed by atoms with E-state index in [-0.39, 0.29) is 0 Å². The molecule has 0 bridgehead atoms. The van der Waals surface area contributed by atoms with Crippen LogP contribution in [-0.2, 0) is 0 Å². The molecule has 8 heavy (non-hydrogen) atoms. The third-order valence-corrected chi connectivity index (χ3v) is 2.28. The summed E-state index contributed by atoms with van der Waals surface area (Å²) in [6.07, 6.45) is 5.52. The predicted molar refractivity (Wildman–Crippen MR) is 32.3 cm³/mol. The van der Waals surface area contributed by atoms with Gasteiger partial charge in [0, 0.05) is 5.54 Å². The van der Waals surface area contributed by atoms with E-state index in [2.05, 4.69) is 5.32 Å².